The van der Waals surface area contributed by atoms with Crippen molar-refractivity contribution in [1.29, 1.82) is 0 Å². The second-order valence-electron chi connectivity index (χ2n) is 4.27. The van der Waals surface area contributed by atoms with Crippen LogP contribution >= 0.6 is 11.6 Å². The zero-order chi connectivity index (χ0) is 16.3. The predicted molar refractivity (Wildman–Crippen MR) is 71.7 cm³/mol. The summed E-state index contributed by atoms with van der Waals surface area (Å²) in [5, 5.41) is 8.70. The molecule has 2 N–H and O–H groups in total. The highest BCUT2D eigenvalue weighted by atomic mass is 35.5. The summed E-state index contributed by atoms with van der Waals surface area (Å²) in [4.78, 5) is 13.4. The first-order valence-electron chi connectivity index (χ1n) is 5.94. The van der Waals surface area contributed by atoms with Crippen molar-refractivity contribution in [2.75, 3.05) is 11.9 Å². The van der Waals surface area contributed by atoms with Crippen LogP contribution in [0.25, 0.3) is 0 Å². The quantitative estimate of drug-likeness (QED) is 0.901. The molecule has 0 unspecified atom stereocenters. The molecule has 22 heavy (non-hydrogen) atoms. The lowest BCUT2D eigenvalue weighted by Crippen LogP contribution is -2.21. The monoisotopic (exact) mass is 334 g/mol. The maximum atomic E-state index is 12.3. The highest BCUT2D eigenvalue weighted by Crippen LogP contribution is 2.26. The number of ether oxygens (including phenoxy) is 1. The molecule has 6 nitrogen and oxygen atoms in total. The van der Waals surface area contributed by atoms with E-state index in [9.17, 15) is 18.0 Å². The number of amides is 1. The van der Waals surface area contributed by atoms with Gasteiger partial charge in [0, 0.05) is 5.02 Å². The topological polar surface area (TPSA) is 79.9 Å². The molecule has 0 fully saturated rings. The second kappa shape index (κ2) is 6.22. The van der Waals surface area contributed by atoms with Gasteiger partial charge in [-0.2, -0.15) is 13.2 Å². The van der Waals surface area contributed by atoms with E-state index in [1.807, 2.05) is 4.98 Å². The summed E-state index contributed by atoms with van der Waals surface area (Å²) >= 11 is 5.78. The van der Waals surface area contributed by atoms with Gasteiger partial charge in [0.15, 0.2) is 6.61 Å². The number of aryl methyl sites for hydroxylation is 1. The summed E-state index contributed by atoms with van der Waals surface area (Å²) in [6, 6.07) is 4.83. The molecule has 1 aromatic carbocycles. The van der Waals surface area contributed by atoms with Gasteiger partial charge in [-0.3, -0.25) is 10.1 Å². The van der Waals surface area contributed by atoms with E-state index in [-0.39, 0.29) is 0 Å². The van der Waals surface area contributed by atoms with Crippen molar-refractivity contribution >= 4 is 23.5 Å². The van der Waals surface area contributed by atoms with Gasteiger partial charge < -0.3 is 9.72 Å². The van der Waals surface area contributed by atoms with Crippen LogP contribution in [0.5, 0.6) is 5.75 Å². The smallest absolute Gasteiger partial charge is 0.451 e. The van der Waals surface area contributed by atoms with E-state index in [0.717, 1.165) is 5.56 Å². The average molecular weight is 335 g/mol. The number of anilines is 1. The molecule has 0 bridgehead atoms. The SMILES string of the molecule is Cc1cc(Cl)ccc1OCC(=O)Nc1nnc(C(F)(F)F)[nH]1. The molecule has 0 radical (unpaired) electrons. The largest absolute Gasteiger partial charge is 0.483 e. The van der Waals surface area contributed by atoms with Gasteiger partial charge in [-0.25, -0.2) is 0 Å². The lowest BCUT2D eigenvalue weighted by molar-refractivity contribution is -0.144. The number of hydrogen-bond acceptors (Lipinski definition) is 4. The van der Waals surface area contributed by atoms with Gasteiger partial charge in [0.1, 0.15) is 5.75 Å². The Balaban J connectivity index is 1.92. The molecule has 0 saturated heterocycles. The number of carbonyl (C=O) groups excluding carboxylic acids is 1. The Morgan fingerprint density at radius 2 is 2.14 bits per heavy atom. The minimum absolute atomic E-state index is 0.398. The van der Waals surface area contributed by atoms with Crippen LogP contribution in [0.4, 0.5) is 19.1 Å². The van der Waals surface area contributed by atoms with Gasteiger partial charge in [0.2, 0.25) is 11.8 Å². The number of nitrogens with one attached hydrogen (secondary N) is 2. The van der Waals surface area contributed by atoms with Crippen LogP contribution in [0.1, 0.15) is 11.4 Å². The minimum Gasteiger partial charge on any atom is -0.483 e. The van der Waals surface area contributed by atoms with Gasteiger partial charge in [-0.15, -0.1) is 10.2 Å². The molecule has 118 valence electrons. The number of halogens is 4. The molecule has 1 heterocycles. The Morgan fingerprint density at radius 3 is 2.73 bits per heavy atom. The molecular weight excluding hydrogens is 325 g/mol. The molecule has 0 spiro atoms. The van der Waals surface area contributed by atoms with Crippen LogP contribution < -0.4 is 10.1 Å². The third-order valence-electron chi connectivity index (χ3n) is 2.51. The lowest BCUT2D eigenvalue weighted by Gasteiger charge is -2.08. The second-order valence-corrected chi connectivity index (χ2v) is 4.70. The normalized spacial score (nSPS) is 11.3. The van der Waals surface area contributed by atoms with Crippen molar-refractivity contribution in [3.05, 3.63) is 34.6 Å². The van der Waals surface area contributed by atoms with E-state index < -0.39 is 30.5 Å². The molecular formula is C12H10ClF3N4O2. The van der Waals surface area contributed by atoms with Crippen LogP contribution in [0, 0.1) is 6.92 Å². The first-order valence-corrected chi connectivity index (χ1v) is 6.32. The van der Waals surface area contributed by atoms with E-state index in [2.05, 4.69) is 15.5 Å². The fourth-order valence-electron chi connectivity index (χ4n) is 1.53. The van der Waals surface area contributed by atoms with Crippen molar-refractivity contribution < 1.29 is 22.7 Å². The van der Waals surface area contributed by atoms with Crippen molar-refractivity contribution in [1.82, 2.24) is 15.2 Å². The number of nitrogens with zero attached hydrogens (tertiary/aromatic N) is 2. The number of H-pyrrole nitrogens is 1. The molecule has 1 aromatic heterocycles. The van der Waals surface area contributed by atoms with Crippen molar-refractivity contribution in [2.24, 2.45) is 0 Å². The van der Waals surface area contributed by atoms with Crippen LogP contribution in [-0.2, 0) is 11.0 Å². The summed E-state index contributed by atoms with van der Waals surface area (Å²) < 4.78 is 42.2. The molecule has 1 amide bonds. The van der Waals surface area contributed by atoms with Crippen LogP contribution in [0.15, 0.2) is 18.2 Å². The van der Waals surface area contributed by atoms with Crippen molar-refractivity contribution in [2.45, 2.75) is 13.1 Å². The Morgan fingerprint density at radius 1 is 1.41 bits per heavy atom. The van der Waals surface area contributed by atoms with Crippen molar-refractivity contribution in [3.8, 4) is 5.75 Å². The van der Waals surface area contributed by atoms with Crippen molar-refractivity contribution in [3.63, 3.8) is 0 Å². The summed E-state index contributed by atoms with van der Waals surface area (Å²) in [7, 11) is 0. The van der Waals surface area contributed by atoms with Gasteiger partial charge in [0.05, 0.1) is 0 Å². The van der Waals surface area contributed by atoms with Gasteiger partial charge in [-0.1, -0.05) is 11.6 Å². The maximum Gasteiger partial charge on any atom is 0.451 e. The number of aromatic nitrogens is 3. The molecule has 10 heteroatoms. The molecule has 2 rings (SSSR count). The number of hydrogen-bond donors (Lipinski definition) is 2. The first-order chi connectivity index (χ1) is 10.3. The molecule has 0 aliphatic carbocycles. The summed E-state index contributed by atoms with van der Waals surface area (Å²) in [5.74, 6) is -1.95. The van der Waals surface area contributed by atoms with Crippen LogP contribution in [-0.4, -0.2) is 27.7 Å². The number of alkyl halides is 3. The fourth-order valence-corrected chi connectivity index (χ4v) is 1.76. The van der Waals surface area contributed by atoms with Crippen LogP contribution in [0.2, 0.25) is 5.02 Å². The molecule has 0 aliphatic rings. The third-order valence-corrected chi connectivity index (χ3v) is 2.74. The number of benzene rings is 1. The number of aromatic amines is 1. The van der Waals surface area contributed by atoms with E-state index >= 15 is 0 Å². The molecule has 0 saturated carbocycles. The van der Waals surface area contributed by atoms with Gasteiger partial charge >= 0.3 is 6.18 Å². The molecule has 2 aromatic rings. The van der Waals surface area contributed by atoms with E-state index in [4.69, 9.17) is 16.3 Å². The Bertz CT molecular complexity index is 687. The molecule has 0 aliphatic heterocycles. The Labute approximate surface area is 127 Å². The highest BCUT2D eigenvalue weighted by Gasteiger charge is 2.35. The standard InChI is InChI=1S/C12H10ClF3N4O2/c1-6-4-7(13)2-3-8(6)22-5-9(21)17-11-18-10(19-20-11)12(14,15)16/h2-4H,5H2,1H3,(H2,17,18,19,20,21). The Hall–Kier alpha value is -2.29. The van der Waals surface area contributed by atoms with Gasteiger partial charge in [0.25, 0.3) is 5.91 Å². The van der Waals surface area contributed by atoms with Crippen LogP contribution in [0.3, 0.4) is 0 Å². The summed E-state index contributed by atoms with van der Waals surface area (Å²) in [5.41, 5.74) is 0.722. The average Bonchev–Trinajstić information content (AvgIpc) is 2.86. The summed E-state index contributed by atoms with van der Waals surface area (Å²) in [6.45, 7) is 1.34. The lowest BCUT2D eigenvalue weighted by atomic mass is 10.2. The number of carbonyl (C=O) groups is 1. The fraction of sp³-hybridized carbons (Fsp3) is 0.250. The predicted octanol–water partition coefficient (Wildman–Crippen LogP) is 2.80. The zero-order valence-electron chi connectivity index (χ0n) is 11.2. The van der Waals surface area contributed by atoms with Gasteiger partial charge in [-0.05, 0) is 30.7 Å². The van der Waals surface area contributed by atoms with E-state index in [0.29, 0.717) is 10.8 Å². The van der Waals surface area contributed by atoms with E-state index in [1.54, 1.807) is 25.1 Å². The Kier molecular flexibility index (Phi) is 4.55. The first kappa shape index (κ1) is 16.1. The zero-order valence-corrected chi connectivity index (χ0v) is 11.9. The maximum absolute atomic E-state index is 12.3. The third kappa shape index (κ3) is 4.10. The highest BCUT2D eigenvalue weighted by molar-refractivity contribution is 6.30. The number of rotatable bonds is 4. The summed E-state index contributed by atoms with van der Waals surface area (Å²) in [6.07, 6.45) is -4.66. The minimum atomic E-state index is -4.66. The van der Waals surface area contributed by atoms with E-state index in [1.165, 1.54) is 0 Å². The molecule has 0 atom stereocenters.